The first kappa shape index (κ1) is 14.9. The Morgan fingerprint density at radius 2 is 2.20 bits per heavy atom. The minimum Gasteiger partial charge on any atom is -0.476 e. The largest absolute Gasteiger partial charge is 0.476 e. The van der Waals surface area contributed by atoms with Crippen LogP contribution in [0.25, 0.3) is 0 Å². The fourth-order valence-corrected chi connectivity index (χ4v) is 1.97. The van der Waals surface area contributed by atoms with Crippen molar-refractivity contribution in [1.82, 2.24) is 9.88 Å². The van der Waals surface area contributed by atoms with Crippen molar-refractivity contribution in [1.29, 1.82) is 0 Å². The van der Waals surface area contributed by atoms with Crippen molar-refractivity contribution >= 4 is 11.5 Å². The van der Waals surface area contributed by atoms with Crippen LogP contribution in [0.1, 0.15) is 26.7 Å². The zero-order valence-corrected chi connectivity index (χ0v) is 12.7. The molecule has 3 N–H and O–H groups in total. The van der Waals surface area contributed by atoms with Gasteiger partial charge in [0.2, 0.25) is 5.88 Å². The van der Waals surface area contributed by atoms with Gasteiger partial charge >= 0.3 is 0 Å². The Kier molecular flexibility index (Phi) is 5.06. The first-order valence-corrected chi connectivity index (χ1v) is 7.39. The van der Waals surface area contributed by atoms with E-state index in [1.807, 2.05) is 12.1 Å². The molecule has 1 heterocycles. The summed E-state index contributed by atoms with van der Waals surface area (Å²) < 4.78 is 5.63. The number of nitrogens with two attached hydrogens (primary N) is 1. The number of hydrogen-bond donors (Lipinski definition) is 2. The van der Waals surface area contributed by atoms with Gasteiger partial charge < -0.3 is 20.7 Å². The van der Waals surface area contributed by atoms with E-state index in [4.69, 9.17) is 10.5 Å². The van der Waals surface area contributed by atoms with Crippen molar-refractivity contribution in [2.75, 3.05) is 37.8 Å². The third-order valence-corrected chi connectivity index (χ3v) is 3.38. The summed E-state index contributed by atoms with van der Waals surface area (Å²) in [6.45, 7) is 6.75. The number of ether oxygens (including phenoxy) is 1. The lowest BCUT2D eigenvalue weighted by Crippen LogP contribution is -2.27. The van der Waals surface area contributed by atoms with Crippen LogP contribution in [0.2, 0.25) is 0 Å². The Hall–Kier alpha value is -1.49. The predicted molar refractivity (Wildman–Crippen MR) is 83.1 cm³/mol. The molecule has 0 bridgehead atoms. The van der Waals surface area contributed by atoms with Crippen LogP contribution < -0.4 is 15.8 Å². The summed E-state index contributed by atoms with van der Waals surface area (Å²) in [5, 5.41) is 3.33. The van der Waals surface area contributed by atoms with E-state index in [2.05, 4.69) is 36.1 Å². The normalized spacial score (nSPS) is 14.8. The summed E-state index contributed by atoms with van der Waals surface area (Å²) in [4.78, 5) is 6.81. The average Bonchev–Trinajstić information content (AvgIpc) is 3.23. The van der Waals surface area contributed by atoms with Crippen LogP contribution in [0.5, 0.6) is 5.88 Å². The van der Waals surface area contributed by atoms with Crippen LogP contribution in [0, 0.1) is 5.92 Å². The minimum atomic E-state index is 0.458. The fourth-order valence-electron chi connectivity index (χ4n) is 1.97. The number of pyridine rings is 1. The molecule has 1 aromatic rings. The van der Waals surface area contributed by atoms with Gasteiger partial charge in [-0.3, -0.25) is 0 Å². The number of likely N-dealkylation sites (N-methyl/N-ethyl adjacent to an activating group) is 1. The summed E-state index contributed by atoms with van der Waals surface area (Å²) in [6, 6.07) is 4.53. The van der Waals surface area contributed by atoms with E-state index >= 15 is 0 Å². The molecule has 0 amide bonds. The molecule has 0 spiro atoms. The number of anilines is 2. The van der Waals surface area contributed by atoms with Crippen molar-refractivity contribution in [2.24, 2.45) is 5.92 Å². The van der Waals surface area contributed by atoms with Crippen molar-refractivity contribution in [3.05, 3.63) is 12.1 Å². The molecular formula is C15H26N4O. The predicted octanol–water partition coefficient (Wildman–Crippen LogP) is 2.20. The zero-order chi connectivity index (χ0) is 14.5. The molecule has 1 fully saturated rings. The molecule has 20 heavy (non-hydrogen) atoms. The Morgan fingerprint density at radius 1 is 1.45 bits per heavy atom. The highest BCUT2D eigenvalue weighted by Crippen LogP contribution is 2.25. The van der Waals surface area contributed by atoms with E-state index in [1.54, 1.807) is 0 Å². The molecule has 2 rings (SSSR count). The quantitative estimate of drug-likeness (QED) is 0.763. The lowest BCUT2D eigenvalue weighted by molar-refractivity contribution is 0.263. The summed E-state index contributed by atoms with van der Waals surface area (Å²) in [5.74, 6) is 1.81. The Morgan fingerprint density at radius 3 is 2.85 bits per heavy atom. The number of rotatable bonds is 8. The second-order valence-corrected chi connectivity index (χ2v) is 5.93. The summed E-state index contributed by atoms with van der Waals surface area (Å²) in [5.41, 5.74) is 6.47. The first-order valence-electron chi connectivity index (χ1n) is 7.39. The number of aromatic nitrogens is 1. The van der Waals surface area contributed by atoms with Gasteiger partial charge in [-0.25, -0.2) is 0 Å². The van der Waals surface area contributed by atoms with Crippen molar-refractivity contribution in [3.63, 3.8) is 0 Å². The van der Waals surface area contributed by atoms with Crippen molar-refractivity contribution < 1.29 is 4.74 Å². The van der Waals surface area contributed by atoms with Crippen molar-refractivity contribution in [2.45, 2.75) is 32.7 Å². The lowest BCUT2D eigenvalue weighted by Gasteiger charge is -2.16. The van der Waals surface area contributed by atoms with E-state index in [9.17, 15) is 0 Å². The molecule has 5 heteroatoms. The molecule has 0 saturated heterocycles. The molecule has 1 saturated carbocycles. The number of nitrogen functional groups attached to an aromatic ring is 1. The monoisotopic (exact) mass is 278 g/mol. The van der Waals surface area contributed by atoms with Crippen LogP contribution in [-0.2, 0) is 0 Å². The Labute approximate surface area is 121 Å². The highest BCUT2D eigenvalue weighted by Gasteiger charge is 2.25. The van der Waals surface area contributed by atoms with E-state index in [0.717, 1.165) is 24.9 Å². The standard InChI is InChI=1S/C15H26N4O/c1-11(2)10-20-15-13(16)6-7-14(18-15)17-8-9-19(3)12-4-5-12/h6-7,11-12H,4-5,8-10,16H2,1-3H3,(H,17,18). The summed E-state index contributed by atoms with van der Waals surface area (Å²) >= 11 is 0. The average molecular weight is 278 g/mol. The zero-order valence-electron chi connectivity index (χ0n) is 12.7. The molecule has 0 unspecified atom stereocenters. The van der Waals surface area contributed by atoms with Crippen LogP contribution in [0.4, 0.5) is 11.5 Å². The second kappa shape index (κ2) is 6.79. The maximum atomic E-state index is 5.88. The smallest absolute Gasteiger partial charge is 0.239 e. The SMILES string of the molecule is CC(C)COc1nc(NCCN(C)C2CC2)ccc1N. The summed E-state index contributed by atoms with van der Waals surface area (Å²) in [6.07, 6.45) is 2.67. The molecule has 1 aliphatic carbocycles. The molecule has 1 aromatic heterocycles. The van der Waals surface area contributed by atoms with Crippen LogP contribution >= 0.6 is 0 Å². The van der Waals surface area contributed by atoms with Crippen LogP contribution in [0.15, 0.2) is 12.1 Å². The maximum Gasteiger partial charge on any atom is 0.239 e. The van der Waals surface area contributed by atoms with Crippen LogP contribution in [0.3, 0.4) is 0 Å². The van der Waals surface area contributed by atoms with Gasteiger partial charge in [0.1, 0.15) is 5.82 Å². The van der Waals surface area contributed by atoms with Gasteiger partial charge in [0.05, 0.1) is 12.3 Å². The van der Waals surface area contributed by atoms with Gasteiger partial charge in [-0.2, -0.15) is 4.98 Å². The maximum absolute atomic E-state index is 5.88. The number of hydrogen-bond acceptors (Lipinski definition) is 5. The molecule has 0 aliphatic heterocycles. The van der Waals surface area contributed by atoms with Gasteiger partial charge in [0.25, 0.3) is 0 Å². The topological polar surface area (TPSA) is 63.4 Å². The third kappa shape index (κ3) is 4.56. The van der Waals surface area contributed by atoms with E-state index < -0.39 is 0 Å². The Bertz CT molecular complexity index is 432. The minimum absolute atomic E-state index is 0.458. The fraction of sp³-hybridized carbons (Fsp3) is 0.667. The molecular weight excluding hydrogens is 252 g/mol. The van der Waals surface area contributed by atoms with Crippen molar-refractivity contribution in [3.8, 4) is 5.88 Å². The van der Waals surface area contributed by atoms with E-state index in [-0.39, 0.29) is 0 Å². The van der Waals surface area contributed by atoms with Gasteiger partial charge in [-0.1, -0.05) is 13.8 Å². The molecule has 1 aliphatic rings. The van der Waals surface area contributed by atoms with E-state index in [1.165, 1.54) is 12.8 Å². The van der Waals surface area contributed by atoms with Crippen LogP contribution in [-0.4, -0.2) is 42.7 Å². The molecule has 0 radical (unpaired) electrons. The Balaban J connectivity index is 1.82. The molecule has 0 aromatic carbocycles. The van der Waals surface area contributed by atoms with E-state index in [0.29, 0.717) is 24.1 Å². The highest BCUT2D eigenvalue weighted by atomic mass is 16.5. The highest BCUT2D eigenvalue weighted by molar-refractivity contribution is 5.53. The van der Waals surface area contributed by atoms with Gasteiger partial charge in [-0.15, -0.1) is 0 Å². The summed E-state index contributed by atoms with van der Waals surface area (Å²) in [7, 11) is 2.17. The van der Waals surface area contributed by atoms with Gasteiger partial charge in [-0.05, 0) is 37.9 Å². The molecule has 5 nitrogen and oxygen atoms in total. The number of nitrogens with one attached hydrogen (secondary N) is 1. The first-order chi connectivity index (χ1) is 9.56. The van der Waals surface area contributed by atoms with Gasteiger partial charge in [0.15, 0.2) is 0 Å². The molecule has 0 atom stereocenters. The number of nitrogens with zero attached hydrogens (tertiary/aromatic N) is 2. The lowest BCUT2D eigenvalue weighted by atomic mass is 10.2. The third-order valence-electron chi connectivity index (χ3n) is 3.38. The second-order valence-electron chi connectivity index (χ2n) is 5.93. The molecule has 112 valence electrons. The van der Waals surface area contributed by atoms with Gasteiger partial charge in [0, 0.05) is 19.1 Å².